The Bertz CT molecular complexity index is 767. The lowest BCUT2D eigenvalue weighted by Gasteiger charge is -2.20. The van der Waals surface area contributed by atoms with E-state index in [-0.39, 0.29) is 18.5 Å². The van der Waals surface area contributed by atoms with Crippen molar-refractivity contribution >= 4 is 11.9 Å². The summed E-state index contributed by atoms with van der Waals surface area (Å²) >= 11 is 0. The molecule has 0 aliphatic carbocycles. The minimum Gasteiger partial charge on any atom is -0.466 e. The Morgan fingerprint density at radius 2 is 0.959 bits per heavy atom. The summed E-state index contributed by atoms with van der Waals surface area (Å²) in [5.41, 5.74) is 0. The zero-order chi connectivity index (χ0) is 35.9. The molecule has 6 nitrogen and oxygen atoms in total. The largest absolute Gasteiger partial charge is 0.466 e. The zero-order valence-electron chi connectivity index (χ0n) is 32.4. The third kappa shape index (κ3) is 36.0. The third-order valence-corrected chi connectivity index (χ3v) is 9.47. The Morgan fingerprint density at radius 3 is 1.45 bits per heavy atom. The molecule has 2 unspecified atom stereocenters. The van der Waals surface area contributed by atoms with Crippen molar-refractivity contribution in [2.45, 2.75) is 225 Å². The highest BCUT2D eigenvalue weighted by Gasteiger charge is 2.17. The summed E-state index contributed by atoms with van der Waals surface area (Å²) in [6, 6.07) is -0.650. The van der Waals surface area contributed by atoms with Gasteiger partial charge in [-0.1, -0.05) is 167 Å². The topological polar surface area (TPSA) is 95.9 Å². The first-order valence-electron chi connectivity index (χ1n) is 21.1. The summed E-state index contributed by atoms with van der Waals surface area (Å²) in [6.07, 6.45) is 43.0. The number of allylic oxidation sites excluding steroid dienone is 3. The van der Waals surface area contributed by atoms with Crippen molar-refractivity contribution in [3.63, 3.8) is 0 Å². The van der Waals surface area contributed by atoms with Crippen LogP contribution in [0.3, 0.4) is 0 Å². The van der Waals surface area contributed by atoms with E-state index in [1.807, 2.05) is 6.08 Å². The number of aliphatic hydroxyl groups excluding tert-OH is 2. The van der Waals surface area contributed by atoms with Gasteiger partial charge in [-0.05, 0) is 57.8 Å². The molecule has 0 aromatic carbocycles. The molecule has 1 amide bonds. The molecule has 0 radical (unpaired) electrons. The fourth-order valence-corrected chi connectivity index (χ4v) is 6.15. The van der Waals surface area contributed by atoms with Gasteiger partial charge in [0.1, 0.15) is 0 Å². The fraction of sp³-hybridized carbons (Fsp3) is 0.860. The fourth-order valence-electron chi connectivity index (χ4n) is 6.15. The van der Waals surface area contributed by atoms with Gasteiger partial charge in [0, 0.05) is 12.8 Å². The number of amides is 1. The van der Waals surface area contributed by atoms with Gasteiger partial charge < -0.3 is 20.3 Å². The molecule has 49 heavy (non-hydrogen) atoms. The van der Waals surface area contributed by atoms with E-state index in [9.17, 15) is 19.8 Å². The second-order valence-corrected chi connectivity index (χ2v) is 14.3. The van der Waals surface area contributed by atoms with Crippen molar-refractivity contribution in [1.82, 2.24) is 5.32 Å². The van der Waals surface area contributed by atoms with Crippen LogP contribution in [0.25, 0.3) is 0 Å². The molecule has 0 fully saturated rings. The molecule has 0 heterocycles. The van der Waals surface area contributed by atoms with Crippen molar-refractivity contribution in [2.24, 2.45) is 0 Å². The summed E-state index contributed by atoms with van der Waals surface area (Å²) in [5.74, 6) is -0.146. The van der Waals surface area contributed by atoms with Gasteiger partial charge in [0.2, 0.25) is 5.91 Å². The lowest BCUT2D eigenvalue weighted by molar-refractivity contribution is -0.143. The first-order valence-corrected chi connectivity index (χ1v) is 21.1. The number of rotatable bonds is 38. The maximum absolute atomic E-state index is 12.3. The highest BCUT2D eigenvalue weighted by molar-refractivity contribution is 5.76. The summed E-state index contributed by atoms with van der Waals surface area (Å²) < 4.78 is 5.40. The molecule has 3 N–H and O–H groups in total. The molecule has 2 atom stereocenters. The van der Waals surface area contributed by atoms with Crippen molar-refractivity contribution in [3.8, 4) is 0 Å². The molecule has 0 spiro atoms. The summed E-state index contributed by atoms with van der Waals surface area (Å²) in [7, 11) is 0. The average molecular weight is 692 g/mol. The second kappa shape index (κ2) is 39.1. The van der Waals surface area contributed by atoms with Crippen LogP contribution >= 0.6 is 0 Å². The molecule has 0 rings (SSSR count). The molecule has 288 valence electrons. The first kappa shape index (κ1) is 47.3. The van der Waals surface area contributed by atoms with E-state index in [1.165, 1.54) is 109 Å². The Kier molecular flexibility index (Phi) is 37.8. The second-order valence-electron chi connectivity index (χ2n) is 14.3. The van der Waals surface area contributed by atoms with E-state index >= 15 is 0 Å². The molecule has 0 aliphatic rings. The van der Waals surface area contributed by atoms with E-state index in [2.05, 4.69) is 31.3 Å². The maximum atomic E-state index is 12.3. The van der Waals surface area contributed by atoms with Crippen LogP contribution in [0.5, 0.6) is 0 Å². The summed E-state index contributed by atoms with van der Waals surface area (Å²) in [4.78, 5) is 24.3. The quantitative estimate of drug-likeness (QED) is 0.0340. The number of carbonyl (C=O) groups is 2. The SMILES string of the molecule is CCCCCCCCCCC/C=C/C(O)C(CO)NC(=O)CCCCCC/C=C\CCCCOC(=O)CCCCCCCCCCCCC. The van der Waals surface area contributed by atoms with Gasteiger partial charge in [-0.25, -0.2) is 0 Å². The number of esters is 1. The molecule has 0 saturated carbocycles. The van der Waals surface area contributed by atoms with Crippen LogP contribution in [0.15, 0.2) is 24.3 Å². The van der Waals surface area contributed by atoms with Gasteiger partial charge in [-0.2, -0.15) is 0 Å². The Balaban J connectivity index is 3.59. The number of carbonyl (C=O) groups excluding carboxylic acids is 2. The van der Waals surface area contributed by atoms with E-state index in [0.29, 0.717) is 19.4 Å². The molecule has 0 bridgehead atoms. The number of hydrogen-bond acceptors (Lipinski definition) is 5. The molecular weight excluding hydrogens is 610 g/mol. The van der Waals surface area contributed by atoms with Crippen LogP contribution in [0.1, 0.15) is 213 Å². The number of hydrogen-bond donors (Lipinski definition) is 3. The molecule has 0 aromatic heterocycles. The molecular formula is C43H81NO5. The van der Waals surface area contributed by atoms with Gasteiger partial charge in [-0.3, -0.25) is 9.59 Å². The Hall–Kier alpha value is -1.66. The number of unbranched alkanes of at least 4 members (excludes halogenated alkanes) is 25. The van der Waals surface area contributed by atoms with Crippen LogP contribution in [0.4, 0.5) is 0 Å². The molecule has 6 heteroatoms. The van der Waals surface area contributed by atoms with Crippen LogP contribution in [0.2, 0.25) is 0 Å². The minimum atomic E-state index is -0.863. The van der Waals surface area contributed by atoms with Crippen LogP contribution < -0.4 is 5.32 Å². The smallest absolute Gasteiger partial charge is 0.305 e. The Morgan fingerprint density at radius 1 is 0.551 bits per heavy atom. The normalized spacial score (nSPS) is 13.0. The third-order valence-electron chi connectivity index (χ3n) is 9.47. The molecule has 0 aliphatic heterocycles. The predicted octanol–water partition coefficient (Wildman–Crippen LogP) is 11.6. The standard InChI is InChI=1S/C43H81NO5/c1-3-5-7-9-11-13-15-19-23-27-31-35-41(46)40(39-45)44-42(47)36-32-28-24-20-17-18-22-26-30-34-38-49-43(48)37-33-29-25-21-16-14-12-10-8-6-4-2/h18,22,31,35,40-41,45-46H,3-17,19-21,23-30,32-34,36-39H2,1-2H3,(H,44,47)/b22-18-,35-31+. The lowest BCUT2D eigenvalue weighted by atomic mass is 10.1. The van der Waals surface area contributed by atoms with Crippen molar-refractivity contribution in [1.29, 1.82) is 0 Å². The van der Waals surface area contributed by atoms with Crippen molar-refractivity contribution in [3.05, 3.63) is 24.3 Å². The number of nitrogens with one attached hydrogen (secondary N) is 1. The highest BCUT2D eigenvalue weighted by atomic mass is 16.5. The van der Waals surface area contributed by atoms with Gasteiger partial charge >= 0.3 is 5.97 Å². The lowest BCUT2D eigenvalue weighted by Crippen LogP contribution is -2.45. The van der Waals surface area contributed by atoms with Crippen LogP contribution in [0, 0.1) is 0 Å². The predicted molar refractivity (Wildman–Crippen MR) is 209 cm³/mol. The summed E-state index contributed by atoms with van der Waals surface area (Å²) in [5, 5.41) is 22.9. The average Bonchev–Trinajstić information content (AvgIpc) is 3.10. The van der Waals surface area contributed by atoms with E-state index in [0.717, 1.165) is 77.0 Å². The minimum absolute atomic E-state index is 0.0401. The van der Waals surface area contributed by atoms with E-state index in [4.69, 9.17) is 4.74 Å². The maximum Gasteiger partial charge on any atom is 0.305 e. The number of ether oxygens (including phenoxy) is 1. The van der Waals surface area contributed by atoms with Crippen LogP contribution in [-0.4, -0.2) is 47.4 Å². The van der Waals surface area contributed by atoms with Crippen LogP contribution in [-0.2, 0) is 14.3 Å². The first-order chi connectivity index (χ1) is 24.0. The van der Waals surface area contributed by atoms with E-state index in [1.54, 1.807) is 6.08 Å². The van der Waals surface area contributed by atoms with Gasteiger partial charge in [0.15, 0.2) is 0 Å². The van der Waals surface area contributed by atoms with E-state index < -0.39 is 12.1 Å². The van der Waals surface area contributed by atoms with Crippen molar-refractivity contribution < 1.29 is 24.5 Å². The van der Waals surface area contributed by atoms with Gasteiger partial charge in [0.05, 0.1) is 25.4 Å². The summed E-state index contributed by atoms with van der Waals surface area (Å²) in [6.45, 7) is 4.77. The Labute approximate surface area is 303 Å². The van der Waals surface area contributed by atoms with Crippen molar-refractivity contribution in [2.75, 3.05) is 13.2 Å². The number of aliphatic hydroxyl groups is 2. The van der Waals surface area contributed by atoms with Gasteiger partial charge in [0.25, 0.3) is 0 Å². The monoisotopic (exact) mass is 692 g/mol. The molecule has 0 saturated heterocycles. The zero-order valence-corrected chi connectivity index (χ0v) is 32.4. The highest BCUT2D eigenvalue weighted by Crippen LogP contribution is 2.13. The van der Waals surface area contributed by atoms with Gasteiger partial charge in [-0.15, -0.1) is 0 Å². The molecule has 0 aromatic rings.